The minimum Gasteiger partial charge on any atom is -0.437 e. The van der Waals surface area contributed by atoms with E-state index in [1.807, 2.05) is 6.92 Å². The van der Waals surface area contributed by atoms with Crippen molar-refractivity contribution in [3.63, 3.8) is 0 Å². The van der Waals surface area contributed by atoms with Gasteiger partial charge in [0.1, 0.15) is 0 Å². The Labute approximate surface area is 129 Å². The Hall–Kier alpha value is 0.271. The molecule has 0 atom stereocenters. The third-order valence-corrected chi connectivity index (χ3v) is 12.6. The van der Waals surface area contributed by atoms with E-state index in [-0.39, 0.29) is 0 Å². The maximum atomic E-state index is 6.45. The van der Waals surface area contributed by atoms with Gasteiger partial charge in [0.15, 0.2) is 16.6 Å². The van der Waals surface area contributed by atoms with Crippen LogP contribution < -0.4 is 0 Å². The van der Waals surface area contributed by atoms with Gasteiger partial charge in [-0.25, -0.2) is 0 Å². The molecular weight excluding hydrogens is 300 g/mol. The van der Waals surface area contributed by atoms with Crippen LogP contribution in [0, 0.1) is 0 Å². The van der Waals surface area contributed by atoms with Crippen LogP contribution in [0.2, 0.25) is 51.9 Å². The molecule has 0 spiro atoms. The molecule has 0 aliphatic rings. The van der Waals surface area contributed by atoms with Gasteiger partial charge in [0, 0.05) is 6.61 Å². The van der Waals surface area contributed by atoms with E-state index in [9.17, 15) is 0 Å². The van der Waals surface area contributed by atoms with E-state index in [1.54, 1.807) is 0 Å². The van der Waals surface area contributed by atoms with Crippen molar-refractivity contribution in [1.82, 2.24) is 0 Å². The summed E-state index contributed by atoms with van der Waals surface area (Å²) >= 11 is 0. The van der Waals surface area contributed by atoms with Gasteiger partial charge in [-0.3, -0.25) is 0 Å². The normalized spacial score (nSPS) is 13.6. The van der Waals surface area contributed by atoms with E-state index >= 15 is 0 Å². The monoisotopic (exact) mass is 334 g/mol. The van der Waals surface area contributed by atoms with Crippen LogP contribution in [0.5, 0.6) is 0 Å². The van der Waals surface area contributed by atoms with Crippen LogP contribution in [-0.4, -0.2) is 38.4 Å². The molecule has 0 rings (SSSR count). The van der Waals surface area contributed by atoms with Crippen molar-refractivity contribution < 1.29 is 13.0 Å². The Kier molecular flexibility index (Phi) is 8.16. The van der Waals surface area contributed by atoms with Crippen LogP contribution in [0.4, 0.5) is 0 Å². The third kappa shape index (κ3) is 12.0. The van der Waals surface area contributed by atoms with E-state index in [0.717, 1.165) is 24.6 Å². The second-order valence-corrected chi connectivity index (χ2v) is 20.3. The Morgan fingerprint density at radius 3 is 1.95 bits per heavy atom. The lowest BCUT2D eigenvalue weighted by molar-refractivity contribution is 0.156. The Morgan fingerprint density at radius 1 is 0.950 bits per heavy atom. The summed E-state index contributed by atoms with van der Waals surface area (Å²) in [6.07, 6.45) is 1.06. The van der Waals surface area contributed by atoms with Crippen LogP contribution in [-0.2, 0) is 13.0 Å². The lowest BCUT2D eigenvalue weighted by Gasteiger charge is -2.37. The molecule has 0 amide bonds. The first kappa shape index (κ1) is 20.3. The average molecular weight is 335 g/mol. The molecule has 120 valence electrons. The Balaban J connectivity index is 4.13. The van der Waals surface area contributed by atoms with Gasteiger partial charge in [0.25, 0.3) is 0 Å². The predicted molar refractivity (Wildman–Crippen MR) is 95.5 cm³/mol. The summed E-state index contributed by atoms with van der Waals surface area (Å²) in [4.78, 5) is 0. The molecule has 20 heavy (non-hydrogen) atoms. The summed E-state index contributed by atoms with van der Waals surface area (Å²) in [5.41, 5.74) is 1.08. The zero-order chi connectivity index (χ0) is 16.0. The van der Waals surface area contributed by atoms with Gasteiger partial charge in [-0.1, -0.05) is 12.2 Å². The van der Waals surface area contributed by atoms with Crippen molar-refractivity contribution in [2.45, 2.75) is 65.2 Å². The predicted octanol–water partition coefficient (Wildman–Crippen LogP) is 4.74. The molecule has 0 aromatic rings. The maximum Gasteiger partial charge on any atom is 0.311 e. The fourth-order valence-corrected chi connectivity index (χ4v) is 15.5. The Bertz CT molecular complexity index is 309. The zero-order valence-electron chi connectivity index (χ0n) is 14.8. The van der Waals surface area contributed by atoms with Gasteiger partial charge in [0.05, 0.1) is 6.61 Å². The largest absolute Gasteiger partial charge is 0.437 e. The van der Waals surface area contributed by atoms with Gasteiger partial charge >= 0.3 is 8.56 Å². The smallest absolute Gasteiger partial charge is 0.311 e. The molecular formula is C14H34O3Si3. The first-order valence-corrected chi connectivity index (χ1v) is 16.8. The van der Waals surface area contributed by atoms with Crippen molar-refractivity contribution in [3.05, 3.63) is 12.2 Å². The maximum absolute atomic E-state index is 6.45. The summed E-state index contributed by atoms with van der Waals surface area (Å²) in [5.74, 6) is 0. The van der Waals surface area contributed by atoms with E-state index < -0.39 is 25.2 Å². The topological polar surface area (TPSA) is 27.7 Å². The zero-order valence-corrected chi connectivity index (χ0v) is 17.8. The number of hydrogen-bond donors (Lipinski definition) is 0. The first-order valence-electron chi connectivity index (χ1n) is 7.45. The van der Waals surface area contributed by atoms with Gasteiger partial charge in [-0.05, 0) is 65.2 Å². The molecule has 0 aliphatic carbocycles. The number of ether oxygens (including phenoxy) is 1. The van der Waals surface area contributed by atoms with Crippen LogP contribution in [0.1, 0.15) is 13.3 Å². The highest BCUT2D eigenvalue weighted by molar-refractivity contribution is 6.87. The molecule has 0 bridgehead atoms. The fourth-order valence-electron chi connectivity index (χ4n) is 2.32. The second kappa shape index (κ2) is 8.05. The van der Waals surface area contributed by atoms with Crippen molar-refractivity contribution in [3.8, 4) is 0 Å². The average Bonchev–Trinajstić information content (AvgIpc) is 2.09. The van der Waals surface area contributed by atoms with Crippen LogP contribution in [0.25, 0.3) is 0 Å². The van der Waals surface area contributed by atoms with Crippen LogP contribution >= 0.6 is 0 Å². The van der Waals surface area contributed by atoms with Gasteiger partial charge in [0.2, 0.25) is 0 Å². The SMILES string of the molecule is C=C(C)COCCC[Si](C)(C)O[Si](C)(C)O[Si](C)(C)C. The van der Waals surface area contributed by atoms with E-state index in [2.05, 4.69) is 52.4 Å². The minimum absolute atomic E-state index is 0.668. The lowest BCUT2D eigenvalue weighted by Crippen LogP contribution is -2.51. The van der Waals surface area contributed by atoms with Crippen LogP contribution in [0.3, 0.4) is 0 Å². The van der Waals surface area contributed by atoms with Crippen molar-refractivity contribution in [1.29, 1.82) is 0 Å². The highest BCUT2D eigenvalue weighted by Gasteiger charge is 2.37. The van der Waals surface area contributed by atoms with Crippen molar-refractivity contribution in [2.24, 2.45) is 0 Å². The van der Waals surface area contributed by atoms with Gasteiger partial charge in [-0.15, -0.1) is 0 Å². The number of rotatable bonds is 10. The van der Waals surface area contributed by atoms with Crippen LogP contribution in [0.15, 0.2) is 12.2 Å². The molecule has 0 aromatic heterocycles. The highest BCUT2D eigenvalue weighted by atomic mass is 28.5. The summed E-state index contributed by atoms with van der Waals surface area (Å²) < 4.78 is 18.3. The molecule has 3 nitrogen and oxygen atoms in total. The third-order valence-electron chi connectivity index (χ3n) is 2.49. The molecule has 0 unspecified atom stereocenters. The lowest BCUT2D eigenvalue weighted by atomic mass is 10.4. The summed E-state index contributed by atoms with van der Waals surface area (Å²) in [6.45, 7) is 22.9. The fraction of sp³-hybridized carbons (Fsp3) is 0.857. The van der Waals surface area contributed by atoms with Gasteiger partial charge < -0.3 is 13.0 Å². The van der Waals surface area contributed by atoms with E-state index in [1.165, 1.54) is 0 Å². The van der Waals surface area contributed by atoms with Crippen molar-refractivity contribution >= 4 is 25.2 Å². The highest BCUT2D eigenvalue weighted by Crippen LogP contribution is 2.23. The van der Waals surface area contributed by atoms with Gasteiger partial charge in [-0.2, -0.15) is 0 Å². The molecule has 0 saturated heterocycles. The molecule has 0 saturated carbocycles. The molecule has 0 aliphatic heterocycles. The molecule has 0 aromatic carbocycles. The minimum atomic E-state index is -1.99. The molecule has 0 N–H and O–H groups in total. The molecule has 0 heterocycles. The van der Waals surface area contributed by atoms with Crippen molar-refractivity contribution in [2.75, 3.05) is 13.2 Å². The molecule has 0 fully saturated rings. The standard InChI is InChI=1S/C14H34O3Si3/c1-14(2)13-15-11-10-12-19(6,7)17-20(8,9)16-18(3,4)5/h1,10-13H2,2-9H3. The summed E-state index contributed by atoms with van der Waals surface area (Å²) in [6, 6.07) is 1.12. The summed E-state index contributed by atoms with van der Waals surface area (Å²) in [7, 11) is -5.18. The quantitative estimate of drug-likeness (QED) is 0.328. The van der Waals surface area contributed by atoms with E-state index in [0.29, 0.717) is 6.61 Å². The summed E-state index contributed by atoms with van der Waals surface area (Å²) in [5, 5.41) is 0. The first-order chi connectivity index (χ1) is 8.83. The second-order valence-electron chi connectivity index (χ2n) is 7.59. The molecule has 0 radical (unpaired) electrons. The number of hydrogen-bond acceptors (Lipinski definition) is 3. The van der Waals surface area contributed by atoms with E-state index in [4.69, 9.17) is 13.0 Å². The molecule has 6 heteroatoms. The Morgan fingerprint density at radius 2 is 1.50 bits per heavy atom.